The predicted molar refractivity (Wildman–Crippen MR) is 102 cm³/mol. The summed E-state index contributed by atoms with van der Waals surface area (Å²) < 4.78 is 1.61. The molecule has 0 unspecified atom stereocenters. The largest absolute Gasteiger partial charge is 0.502 e. The summed E-state index contributed by atoms with van der Waals surface area (Å²) in [7, 11) is 0. The Morgan fingerprint density at radius 1 is 1.17 bits per heavy atom. The molecular formula is C18H15N7O4. The maximum atomic E-state index is 11.7. The van der Waals surface area contributed by atoms with Gasteiger partial charge in [-0.15, -0.1) is 0 Å². The lowest BCUT2D eigenvalue weighted by Gasteiger charge is -2.07. The molecule has 0 aliphatic heterocycles. The van der Waals surface area contributed by atoms with Gasteiger partial charge in [0.05, 0.1) is 24.0 Å². The number of carbonyl (C=O) groups excluding carboxylic acids is 2. The van der Waals surface area contributed by atoms with Crippen LogP contribution in [0, 0.1) is 0 Å². The fourth-order valence-electron chi connectivity index (χ4n) is 2.99. The molecule has 11 nitrogen and oxygen atoms in total. The summed E-state index contributed by atoms with van der Waals surface area (Å²) in [6.45, 7) is 0.251. The van der Waals surface area contributed by atoms with Crippen LogP contribution >= 0.6 is 0 Å². The number of fused-ring (bicyclic) bond motifs is 1. The van der Waals surface area contributed by atoms with Crippen LogP contribution in [0.5, 0.6) is 5.75 Å². The van der Waals surface area contributed by atoms with E-state index in [1.165, 1.54) is 0 Å². The second-order valence-corrected chi connectivity index (χ2v) is 6.33. The lowest BCUT2D eigenvalue weighted by Crippen LogP contribution is -2.18. The van der Waals surface area contributed by atoms with Gasteiger partial charge < -0.3 is 26.5 Å². The van der Waals surface area contributed by atoms with Gasteiger partial charge in [0, 0.05) is 23.5 Å². The van der Waals surface area contributed by atoms with E-state index in [4.69, 9.17) is 11.5 Å². The maximum Gasteiger partial charge on any atom is 0.291 e. The van der Waals surface area contributed by atoms with Crippen molar-refractivity contribution < 1.29 is 14.7 Å². The molecule has 4 aromatic heterocycles. The zero-order valence-electron chi connectivity index (χ0n) is 14.8. The van der Waals surface area contributed by atoms with Gasteiger partial charge in [0.1, 0.15) is 16.8 Å². The molecule has 4 aromatic rings. The Morgan fingerprint density at radius 2 is 1.97 bits per heavy atom. The predicted octanol–water partition coefficient (Wildman–Crippen LogP) is 0.0664. The van der Waals surface area contributed by atoms with E-state index in [9.17, 15) is 19.5 Å². The van der Waals surface area contributed by atoms with Crippen LogP contribution in [0.2, 0.25) is 0 Å². The van der Waals surface area contributed by atoms with Crippen LogP contribution in [0.15, 0.2) is 41.6 Å². The summed E-state index contributed by atoms with van der Waals surface area (Å²) in [5, 5.41) is 14.1. The maximum absolute atomic E-state index is 11.7. The summed E-state index contributed by atoms with van der Waals surface area (Å²) in [6, 6.07) is 4.85. The van der Waals surface area contributed by atoms with Gasteiger partial charge in [0.2, 0.25) is 0 Å². The number of pyridine rings is 2. The molecule has 0 saturated heterocycles. The second kappa shape index (κ2) is 6.64. The molecule has 11 heteroatoms. The van der Waals surface area contributed by atoms with Gasteiger partial charge in [-0.3, -0.25) is 19.1 Å². The second-order valence-electron chi connectivity index (χ2n) is 6.33. The Balaban J connectivity index is 1.68. The standard InChI is InChI=1S/C18H15N7O4/c19-16(27)12-3-8(4-21-12)9-5-22-25(6-9)7-10-1-2-11-14(23-10)13(17(20)28)15(26)18(29)24-11/h1-6,21,26H,7H2,(H2,19,27)(H2,20,28)(H,24,29). The first-order valence-corrected chi connectivity index (χ1v) is 8.39. The molecule has 146 valence electrons. The average Bonchev–Trinajstić information content (AvgIpc) is 3.32. The lowest BCUT2D eigenvalue weighted by molar-refractivity contribution is 0.0989. The Kier molecular flexibility index (Phi) is 4.11. The molecule has 0 aromatic carbocycles. The first-order chi connectivity index (χ1) is 13.8. The number of amides is 2. The highest BCUT2D eigenvalue weighted by molar-refractivity contribution is 6.06. The smallest absolute Gasteiger partial charge is 0.291 e. The fraction of sp³-hybridized carbons (Fsp3) is 0.0556. The number of nitrogens with zero attached hydrogens (tertiary/aromatic N) is 3. The van der Waals surface area contributed by atoms with Gasteiger partial charge in [-0.25, -0.2) is 4.98 Å². The number of aromatic amines is 2. The molecule has 2 amide bonds. The highest BCUT2D eigenvalue weighted by atomic mass is 16.3. The number of hydrogen-bond donors (Lipinski definition) is 5. The molecular weight excluding hydrogens is 378 g/mol. The van der Waals surface area contributed by atoms with E-state index in [1.54, 1.807) is 41.5 Å². The number of aromatic nitrogens is 5. The van der Waals surface area contributed by atoms with Crippen LogP contribution < -0.4 is 17.0 Å². The minimum Gasteiger partial charge on any atom is -0.502 e. The van der Waals surface area contributed by atoms with E-state index < -0.39 is 23.1 Å². The molecule has 0 atom stereocenters. The van der Waals surface area contributed by atoms with Crippen molar-refractivity contribution in [2.45, 2.75) is 6.54 Å². The lowest BCUT2D eigenvalue weighted by atomic mass is 10.1. The molecule has 4 heterocycles. The number of aromatic hydroxyl groups is 1. The molecule has 0 aliphatic carbocycles. The first-order valence-electron chi connectivity index (χ1n) is 8.39. The van der Waals surface area contributed by atoms with Gasteiger partial charge in [-0.1, -0.05) is 0 Å². The summed E-state index contributed by atoms with van der Waals surface area (Å²) in [6.07, 6.45) is 5.01. The Bertz CT molecular complexity index is 1330. The highest BCUT2D eigenvalue weighted by Crippen LogP contribution is 2.22. The van der Waals surface area contributed by atoms with Gasteiger partial charge in [0.15, 0.2) is 5.75 Å². The van der Waals surface area contributed by atoms with E-state index in [-0.39, 0.29) is 28.8 Å². The molecule has 7 N–H and O–H groups in total. The van der Waals surface area contributed by atoms with Gasteiger partial charge in [-0.2, -0.15) is 5.10 Å². The van der Waals surface area contributed by atoms with Crippen molar-refractivity contribution in [2.24, 2.45) is 11.5 Å². The fourth-order valence-corrected chi connectivity index (χ4v) is 2.99. The van der Waals surface area contributed by atoms with Crippen LogP contribution in [-0.4, -0.2) is 41.7 Å². The zero-order chi connectivity index (χ0) is 20.7. The Morgan fingerprint density at radius 3 is 2.66 bits per heavy atom. The van der Waals surface area contributed by atoms with E-state index in [1.807, 2.05) is 0 Å². The van der Waals surface area contributed by atoms with Crippen LogP contribution in [0.1, 0.15) is 26.5 Å². The summed E-state index contributed by atoms with van der Waals surface area (Å²) >= 11 is 0. The third kappa shape index (κ3) is 3.20. The van der Waals surface area contributed by atoms with Crippen molar-refractivity contribution in [1.29, 1.82) is 0 Å². The number of H-pyrrole nitrogens is 2. The molecule has 0 saturated carbocycles. The van der Waals surface area contributed by atoms with E-state index in [2.05, 4.69) is 20.1 Å². The third-order valence-electron chi connectivity index (χ3n) is 4.38. The number of nitrogens with two attached hydrogens (primary N) is 2. The van der Waals surface area contributed by atoms with Crippen LogP contribution in [0.3, 0.4) is 0 Å². The normalized spacial score (nSPS) is 11.0. The Labute approximate surface area is 162 Å². The van der Waals surface area contributed by atoms with Crippen molar-refractivity contribution >= 4 is 22.8 Å². The molecule has 0 fully saturated rings. The first kappa shape index (κ1) is 18.0. The minimum atomic E-state index is -0.956. The molecule has 0 radical (unpaired) electrons. The van der Waals surface area contributed by atoms with Crippen molar-refractivity contribution in [3.63, 3.8) is 0 Å². The van der Waals surface area contributed by atoms with Crippen molar-refractivity contribution in [3.8, 4) is 16.9 Å². The number of carbonyl (C=O) groups is 2. The van der Waals surface area contributed by atoms with Crippen LogP contribution in [-0.2, 0) is 6.54 Å². The molecule has 0 aliphatic rings. The monoisotopic (exact) mass is 393 g/mol. The van der Waals surface area contributed by atoms with Crippen LogP contribution in [0.4, 0.5) is 0 Å². The van der Waals surface area contributed by atoms with E-state index >= 15 is 0 Å². The summed E-state index contributed by atoms with van der Waals surface area (Å²) in [5.74, 6) is -2.29. The molecule has 29 heavy (non-hydrogen) atoms. The van der Waals surface area contributed by atoms with E-state index in [0.29, 0.717) is 5.69 Å². The highest BCUT2D eigenvalue weighted by Gasteiger charge is 2.18. The number of rotatable bonds is 5. The number of hydrogen-bond acceptors (Lipinski definition) is 6. The summed E-state index contributed by atoms with van der Waals surface area (Å²) in [4.78, 5) is 44.2. The van der Waals surface area contributed by atoms with Gasteiger partial charge in [0.25, 0.3) is 17.4 Å². The average molecular weight is 393 g/mol. The summed E-state index contributed by atoms with van der Waals surface area (Å²) in [5.41, 5.74) is 12.1. The Hall–Kier alpha value is -4.41. The topological polar surface area (TPSA) is 186 Å². The van der Waals surface area contributed by atoms with Gasteiger partial charge in [-0.05, 0) is 18.2 Å². The zero-order valence-corrected chi connectivity index (χ0v) is 14.8. The molecule has 0 bridgehead atoms. The van der Waals surface area contributed by atoms with E-state index in [0.717, 1.165) is 11.1 Å². The van der Waals surface area contributed by atoms with Gasteiger partial charge >= 0.3 is 0 Å². The number of nitrogens with one attached hydrogen (secondary N) is 2. The third-order valence-corrected chi connectivity index (χ3v) is 4.38. The quantitative estimate of drug-likeness (QED) is 0.319. The number of primary amides is 2. The van der Waals surface area contributed by atoms with Crippen LogP contribution in [0.25, 0.3) is 22.2 Å². The van der Waals surface area contributed by atoms with Crippen molar-refractivity contribution in [3.05, 3.63) is 64.1 Å². The SMILES string of the molecule is NC(=O)c1cc(-c2cnn(Cc3ccc4[nH]c(=O)c(O)c(C(N)=O)c4n3)c2)c[nH]1. The van der Waals surface area contributed by atoms with Crippen molar-refractivity contribution in [1.82, 2.24) is 24.7 Å². The molecule has 0 spiro atoms. The minimum absolute atomic E-state index is 0.0937. The van der Waals surface area contributed by atoms with Crippen molar-refractivity contribution in [2.75, 3.05) is 0 Å². The molecule has 4 rings (SSSR count).